The van der Waals surface area contributed by atoms with Crippen molar-refractivity contribution in [3.05, 3.63) is 41.7 Å². The minimum absolute atomic E-state index is 0.267. The van der Waals surface area contributed by atoms with Gasteiger partial charge in [-0.25, -0.2) is 15.8 Å². The zero-order chi connectivity index (χ0) is 22.2. The number of nitrogen functional groups attached to an aromatic ring is 1. The fourth-order valence-electron chi connectivity index (χ4n) is 3.74. The molecule has 0 amide bonds. The number of hydrogen-bond acceptors (Lipinski definition) is 7. The normalized spacial score (nSPS) is 14.2. The van der Waals surface area contributed by atoms with Crippen LogP contribution in [-0.4, -0.2) is 45.9 Å². The number of hydrazone groups is 1. The molecule has 0 aliphatic carbocycles. The summed E-state index contributed by atoms with van der Waals surface area (Å²) in [6.45, 7) is 4.62. The summed E-state index contributed by atoms with van der Waals surface area (Å²) in [5, 5.41) is 9.45. The van der Waals surface area contributed by atoms with Gasteiger partial charge in [-0.15, -0.1) is 0 Å². The number of piperidine rings is 1. The predicted octanol–water partition coefficient (Wildman–Crippen LogP) is 2.35. The Labute approximate surface area is 183 Å². The van der Waals surface area contributed by atoms with E-state index < -0.39 is 0 Å². The second-order valence-corrected chi connectivity index (χ2v) is 7.69. The van der Waals surface area contributed by atoms with Gasteiger partial charge in [0.25, 0.3) is 0 Å². The van der Waals surface area contributed by atoms with Gasteiger partial charge in [0.05, 0.1) is 5.69 Å². The Bertz CT molecular complexity index is 1010. The highest BCUT2D eigenvalue weighted by atomic mass is 15.4. The van der Waals surface area contributed by atoms with Crippen molar-refractivity contribution in [3.8, 4) is 11.3 Å². The molecule has 0 atom stereocenters. The van der Waals surface area contributed by atoms with Crippen LogP contribution in [0.15, 0.2) is 35.7 Å². The first-order valence-corrected chi connectivity index (χ1v) is 10.8. The van der Waals surface area contributed by atoms with Crippen LogP contribution in [0.5, 0.6) is 0 Å². The van der Waals surface area contributed by atoms with Crippen molar-refractivity contribution in [1.29, 1.82) is 0 Å². The summed E-state index contributed by atoms with van der Waals surface area (Å²) in [7, 11) is 1.69. The molecule has 0 radical (unpaired) electrons. The van der Waals surface area contributed by atoms with E-state index in [0.717, 1.165) is 46.1 Å². The van der Waals surface area contributed by atoms with Gasteiger partial charge < -0.3 is 21.9 Å². The number of hydrogen-bond donors (Lipinski definition) is 5. The quantitative estimate of drug-likeness (QED) is 0.187. The number of nitrogens with zero attached hydrogens (tertiary/aromatic N) is 4. The van der Waals surface area contributed by atoms with E-state index in [1.54, 1.807) is 13.2 Å². The monoisotopic (exact) mass is 423 g/mol. The molecule has 1 saturated heterocycles. The van der Waals surface area contributed by atoms with Gasteiger partial charge in [0, 0.05) is 41.5 Å². The van der Waals surface area contributed by atoms with Crippen LogP contribution in [0.4, 0.5) is 5.95 Å². The summed E-state index contributed by atoms with van der Waals surface area (Å²) >= 11 is 0. The number of anilines is 1. The Kier molecular flexibility index (Phi) is 7.80. The van der Waals surface area contributed by atoms with Gasteiger partial charge in [-0.2, -0.15) is 5.10 Å². The van der Waals surface area contributed by atoms with Crippen LogP contribution in [0, 0.1) is 0 Å². The van der Waals surface area contributed by atoms with Gasteiger partial charge in [0.15, 0.2) is 5.84 Å². The van der Waals surface area contributed by atoms with Crippen LogP contribution in [0.3, 0.4) is 0 Å². The topological polar surface area (TPSA) is 147 Å². The second kappa shape index (κ2) is 10.7. The number of rotatable bonds is 4. The van der Waals surface area contributed by atoms with Gasteiger partial charge in [0.2, 0.25) is 5.95 Å². The lowest BCUT2D eigenvalue weighted by atomic mass is 10.0. The number of aryl methyl sites for hydroxylation is 1. The van der Waals surface area contributed by atoms with Gasteiger partial charge in [-0.3, -0.25) is 5.01 Å². The van der Waals surface area contributed by atoms with Crippen molar-refractivity contribution in [3.63, 3.8) is 0 Å². The highest BCUT2D eigenvalue weighted by Gasteiger charge is 2.15. The van der Waals surface area contributed by atoms with E-state index in [9.17, 15) is 0 Å². The fraction of sp³-hybridized carbons (Fsp3) is 0.409. The van der Waals surface area contributed by atoms with Crippen LogP contribution in [0.25, 0.3) is 22.2 Å². The molecule has 1 fully saturated rings. The SMILES string of the molecule is C1CCNCC1.CCCc1cnc(N)nc1-c1c[nH]c2cc(/C(=N/N)N(C)N)ccc12. The predicted molar refractivity (Wildman–Crippen MR) is 127 cm³/mol. The summed E-state index contributed by atoms with van der Waals surface area (Å²) in [4.78, 5) is 11.9. The number of aromatic amines is 1. The van der Waals surface area contributed by atoms with E-state index in [2.05, 4.69) is 32.3 Å². The van der Waals surface area contributed by atoms with Crippen molar-refractivity contribution >= 4 is 22.7 Å². The van der Waals surface area contributed by atoms with Crippen LogP contribution < -0.4 is 22.7 Å². The first-order chi connectivity index (χ1) is 15.0. The van der Waals surface area contributed by atoms with Crippen LogP contribution >= 0.6 is 0 Å². The molecule has 1 aliphatic heterocycles. The minimum Gasteiger partial charge on any atom is -0.368 e. The summed E-state index contributed by atoms with van der Waals surface area (Å²) < 4.78 is 0. The number of aromatic nitrogens is 3. The molecular formula is C22H33N9. The van der Waals surface area contributed by atoms with Gasteiger partial charge in [-0.05, 0) is 44.0 Å². The number of nitrogens with one attached hydrogen (secondary N) is 2. The molecule has 0 unspecified atom stereocenters. The lowest BCUT2D eigenvalue weighted by Crippen LogP contribution is -2.34. The maximum absolute atomic E-state index is 5.81. The molecule has 8 N–H and O–H groups in total. The lowest BCUT2D eigenvalue weighted by Gasteiger charge is -2.14. The van der Waals surface area contributed by atoms with Gasteiger partial charge >= 0.3 is 0 Å². The first kappa shape index (κ1) is 22.5. The van der Waals surface area contributed by atoms with E-state index in [-0.39, 0.29) is 5.95 Å². The highest BCUT2D eigenvalue weighted by Crippen LogP contribution is 2.31. The number of fused-ring (bicyclic) bond motifs is 1. The van der Waals surface area contributed by atoms with Crippen molar-refractivity contribution in [1.82, 2.24) is 25.3 Å². The molecule has 0 bridgehead atoms. The molecule has 0 saturated carbocycles. The molecule has 0 spiro atoms. The molecule has 1 aromatic carbocycles. The Balaban J connectivity index is 0.000000391. The van der Waals surface area contributed by atoms with Gasteiger partial charge in [0.1, 0.15) is 0 Å². The molecule has 9 nitrogen and oxygen atoms in total. The molecule has 9 heteroatoms. The van der Waals surface area contributed by atoms with Gasteiger partial charge in [-0.1, -0.05) is 31.9 Å². The number of benzene rings is 1. The standard InChI is InChI=1S/C17H22N8.C5H11N/c1-3-4-11-8-22-17(18)23-15(11)13-9-21-14-7-10(5-6-12(13)14)16(24-19)25(2)20;1-2-4-6-5-3-1/h5-9,21H,3-4,19-20H2,1-2H3,(H2,18,22,23);6H,1-5H2/b24-16-;. The lowest BCUT2D eigenvalue weighted by molar-refractivity contribution is 0.520. The van der Waals surface area contributed by atoms with E-state index in [1.165, 1.54) is 37.4 Å². The third-order valence-corrected chi connectivity index (χ3v) is 5.26. The number of amidine groups is 1. The zero-order valence-electron chi connectivity index (χ0n) is 18.4. The Morgan fingerprint density at radius 1 is 1.23 bits per heavy atom. The highest BCUT2D eigenvalue weighted by molar-refractivity contribution is 6.03. The Hall–Kier alpha value is -3.17. The van der Waals surface area contributed by atoms with Crippen molar-refractivity contribution < 1.29 is 0 Å². The molecule has 4 rings (SSSR count). The van der Waals surface area contributed by atoms with Crippen LogP contribution in [0.1, 0.15) is 43.7 Å². The summed E-state index contributed by atoms with van der Waals surface area (Å²) in [5.74, 6) is 12.0. The Morgan fingerprint density at radius 3 is 2.58 bits per heavy atom. The number of hydrazine groups is 1. The Morgan fingerprint density at radius 2 is 2.00 bits per heavy atom. The average molecular weight is 424 g/mol. The maximum Gasteiger partial charge on any atom is 0.220 e. The van der Waals surface area contributed by atoms with Crippen molar-refractivity contribution in [2.45, 2.75) is 39.0 Å². The number of H-pyrrole nitrogens is 1. The van der Waals surface area contributed by atoms with Crippen molar-refractivity contribution in [2.24, 2.45) is 16.8 Å². The summed E-state index contributed by atoms with van der Waals surface area (Å²) in [6.07, 6.45) is 9.85. The molecule has 3 aromatic rings. The van der Waals surface area contributed by atoms with Crippen molar-refractivity contribution in [2.75, 3.05) is 25.9 Å². The largest absolute Gasteiger partial charge is 0.368 e. The fourth-order valence-corrected chi connectivity index (χ4v) is 3.74. The molecule has 3 heterocycles. The zero-order valence-corrected chi connectivity index (χ0v) is 18.4. The third-order valence-electron chi connectivity index (χ3n) is 5.26. The molecule has 1 aliphatic rings. The van der Waals surface area contributed by atoms with E-state index in [1.807, 2.05) is 24.4 Å². The van der Waals surface area contributed by atoms with E-state index >= 15 is 0 Å². The molecule has 31 heavy (non-hydrogen) atoms. The molecular weight excluding hydrogens is 390 g/mol. The van der Waals surface area contributed by atoms with Crippen LogP contribution in [0.2, 0.25) is 0 Å². The number of nitrogens with two attached hydrogens (primary N) is 3. The first-order valence-electron chi connectivity index (χ1n) is 10.8. The minimum atomic E-state index is 0.267. The van der Waals surface area contributed by atoms with E-state index in [0.29, 0.717) is 5.84 Å². The molecule has 2 aromatic heterocycles. The maximum atomic E-state index is 5.81. The average Bonchev–Trinajstić information content (AvgIpc) is 3.20. The smallest absolute Gasteiger partial charge is 0.220 e. The third kappa shape index (κ3) is 5.50. The molecule has 166 valence electrons. The summed E-state index contributed by atoms with van der Waals surface area (Å²) in [5.41, 5.74) is 10.5. The van der Waals surface area contributed by atoms with E-state index in [4.69, 9.17) is 17.4 Å². The van der Waals surface area contributed by atoms with Crippen LogP contribution in [-0.2, 0) is 6.42 Å². The summed E-state index contributed by atoms with van der Waals surface area (Å²) in [6, 6.07) is 5.88. The second-order valence-electron chi connectivity index (χ2n) is 7.69.